The van der Waals surface area contributed by atoms with Crippen LogP contribution in [0, 0.1) is 5.82 Å². The van der Waals surface area contributed by atoms with Crippen molar-refractivity contribution in [3.63, 3.8) is 0 Å². The Morgan fingerprint density at radius 1 is 1.28 bits per heavy atom. The highest BCUT2D eigenvalue weighted by Gasteiger charge is 2.07. The second kappa shape index (κ2) is 7.82. The number of carbonyl (C=O) groups is 1. The molecule has 0 fully saturated rings. The van der Waals surface area contributed by atoms with Gasteiger partial charge in [0.2, 0.25) is 0 Å². The number of ether oxygens (including phenoxy) is 1. The van der Waals surface area contributed by atoms with Crippen LogP contribution < -0.4 is 0 Å². The van der Waals surface area contributed by atoms with Crippen molar-refractivity contribution < 1.29 is 19.0 Å². The van der Waals surface area contributed by atoms with Crippen LogP contribution in [0.5, 0.6) is 0 Å². The Balaban J connectivity index is 2.40. The lowest BCUT2D eigenvalue weighted by atomic mass is 10.1. The predicted octanol–water partition coefficient (Wildman–Crippen LogP) is 3.62. The Kier molecular flexibility index (Phi) is 6.36. The third kappa shape index (κ3) is 5.27. The van der Waals surface area contributed by atoms with Gasteiger partial charge in [-0.3, -0.25) is 0 Å². The second-order valence-electron chi connectivity index (χ2n) is 4.27. The van der Waals surface area contributed by atoms with Gasteiger partial charge in [0.15, 0.2) is 0 Å². The van der Waals surface area contributed by atoms with Gasteiger partial charge in [-0.05, 0) is 30.2 Å². The maximum absolute atomic E-state index is 13.1. The van der Waals surface area contributed by atoms with E-state index in [-0.39, 0.29) is 12.2 Å². The number of carboxylic acids is 1. The van der Waals surface area contributed by atoms with Gasteiger partial charge in [-0.2, -0.15) is 0 Å². The fourth-order valence-electron chi connectivity index (χ4n) is 1.68. The van der Waals surface area contributed by atoms with Crippen molar-refractivity contribution in [2.75, 3.05) is 6.61 Å². The topological polar surface area (TPSA) is 46.5 Å². The van der Waals surface area contributed by atoms with Gasteiger partial charge in [0.25, 0.3) is 0 Å². The van der Waals surface area contributed by atoms with Crippen molar-refractivity contribution in [3.8, 4) is 0 Å². The highest BCUT2D eigenvalue weighted by atomic mass is 19.1. The number of hydrogen-bond acceptors (Lipinski definition) is 2. The number of aromatic carboxylic acids is 1. The normalized spacial score (nSPS) is 10.6. The van der Waals surface area contributed by atoms with Crippen LogP contribution in [-0.2, 0) is 11.3 Å². The number of hydrogen-bond donors (Lipinski definition) is 1. The molecule has 3 nitrogen and oxygen atoms in total. The van der Waals surface area contributed by atoms with E-state index in [4.69, 9.17) is 9.84 Å². The number of carboxylic acid groups (broad SMARTS) is 1. The minimum atomic E-state index is -1.13. The number of halogens is 1. The summed E-state index contributed by atoms with van der Waals surface area (Å²) in [6, 6.07) is 3.75. The largest absolute Gasteiger partial charge is 0.478 e. The molecule has 0 saturated heterocycles. The summed E-state index contributed by atoms with van der Waals surface area (Å²) in [5, 5.41) is 8.79. The monoisotopic (exact) mass is 254 g/mol. The van der Waals surface area contributed by atoms with Crippen LogP contribution in [0.2, 0.25) is 0 Å². The molecule has 0 aliphatic carbocycles. The van der Waals surface area contributed by atoms with Gasteiger partial charge in [0.1, 0.15) is 5.82 Å². The van der Waals surface area contributed by atoms with E-state index in [9.17, 15) is 9.18 Å². The maximum Gasteiger partial charge on any atom is 0.335 e. The fraction of sp³-hybridized carbons (Fsp3) is 0.500. The second-order valence-corrected chi connectivity index (χ2v) is 4.27. The highest BCUT2D eigenvalue weighted by molar-refractivity contribution is 5.87. The average molecular weight is 254 g/mol. The predicted molar refractivity (Wildman–Crippen MR) is 67.2 cm³/mol. The van der Waals surface area contributed by atoms with Gasteiger partial charge < -0.3 is 9.84 Å². The first-order valence-electron chi connectivity index (χ1n) is 6.24. The van der Waals surface area contributed by atoms with Gasteiger partial charge in [0, 0.05) is 6.61 Å². The quantitative estimate of drug-likeness (QED) is 0.721. The first kappa shape index (κ1) is 14.6. The highest BCUT2D eigenvalue weighted by Crippen LogP contribution is 2.11. The molecular weight excluding hydrogens is 235 g/mol. The van der Waals surface area contributed by atoms with E-state index < -0.39 is 11.8 Å². The number of unbranched alkanes of at least 4 members (excludes halogenated alkanes) is 3. The zero-order valence-corrected chi connectivity index (χ0v) is 10.6. The number of rotatable bonds is 8. The molecule has 0 aliphatic heterocycles. The summed E-state index contributed by atoms with van der Waals surface area (Å²) in [6.45, 7) is 3.02. The summed E-state index contributed by atoms with van der Waals surface area (Å²) in [5.41, 5.74) is 0.516. The number of benzene rings is 1. The van der Waals surface area contributed by atoms with E-state index in [0.717, 1.165) is 18.9 Å². The Hall–Kier alpha value is -1.42. The van der Waals surface area contributed by atoms with Crippen LogP contribution in [0.1, 0.15) is 48.5 Å². The average Bonchev–Trinajstić information content (AvgIpc) is 2.33. The van der Waals surface area contributed by atoms with E-state index in [0.29, 0.717) is 12.2 Å². The van der Waals surface area contributed by atoms with Gasteiger partial charge in [-0.1, -0.05) is 26.2 Å². The molecule has 100 valence electrons. The smallest absolute Gasteiger partial charge is 0.335 e. The molecule has 0 radical (unpaired) electrons. The lowest BCUT2D eigenvalue weighted by molar-refractivity contribution is 0.0695. The molecule has 0 heterocycles. The molecule has 1 N–H and O–H groups in total. The van der Waals surface area contributed by atoms with Crippen LogP contribution in [0.25, 0.3) is 0 Å². The van der Waals surface area contributed by atoms with Crippen molar-refractivity contribution in [2.24, 2.45) is 0 Å². The van der Waals surface area contributed by atoms with Gasteiger partial charge in [0.05, 0.1) is 12.2 Å². The Bertz CT molecular complexity index is 391. The Morgan fingerprint density at radius 2 is 2.06 bits per heavy atom. The molecule has 0 saturated carbocycles. The first-order valence-corrected chi connectivity index (χ1v) is 6.24. The SMILES string of the molecule is CCCCCCOCc1cc(F)cc(C(=O)O)c1. The minimum Gasteiger partial charge on any atom is -0.478 e. The molecule has 1 aromatic carbocycles. The third-order valence-electron chi connectivity index (χ3n) is 2.62. The fourth-order valence-corrected chi connectivity index (χ4v) is 1.68. The van der Waals surface area contributed by atoms with Crippen LogP contribution >= 0.6 is 0 Å². The summed E-state index contributed by atoms with van der Waals surface area (Å²) in [7, 11) is 0. The third-order valence-corrected chi connectivity index (χ3v) is 2.62. The summed E-state index contributed by atoms with van der Waals surface area (Å²) >= 11 is 0. The van der Waals surface area contributed by atoms with E-state index in [1.807, 2.05) is 0 Å². The molecule has 0 amide bonds. The lowest BCUT2D eigenvalue weighted by Crippen LogP contribution is -2.01. The van der Waals surface area contributed by atoms with E-state index in [1.54, 1.807) is 0 Å². The molecule has 0 spiro atoms. The Labute approximate surface area is 107 Å². The van der Waals surface area contributed by atoms with E-state index in [1.165, 1.54) is 25.0 Å². The first-order chi connectivity index (χ1) is 8.63. The van der Waals surface area contributed by atoms with Gasteiger partial charge >= 0.3 is 5.97 Å². The van der Waals surface area contributed by atoms with Crippen LogP contribution in [-0.4, -0.2) is 17.7 Å². The summed E-state index contributed by atoms with van der Waals surface area (Å²) in [6.07, 6.45) is 4.47. The Morgan fingerprint density at radius 3 is 2.72 bits per heavy atom. The molecule has 4 heteroatoms. The van der Waals surface area contributed by atoms with Gasteiger partial charge in [-0.25, -0.2) is 9.18 Å². The molecule has 0 atom stereocenters. The molecule has 18 heavy (non-hydrogen) atoms. The lowest BCUT2D eigenvalue weighted by Gasteiger charge is -2.05. The molecule has 0 unspecified atom stereocenters. The molecule has 0 aliphatic rings. The van der Waals surface area contributed by atoms with Crippen molar-refractivity contribution >= 4 is 5.97 Å². The molecule has 1 aromatic rings. The van der Waals surface area contributed by atoms with Crippen molar-refractivity contribution in [1.29, 1.82) is 0 Å². The van der Waals surface area contributed by atoms with E-state index in [2.05, 4.69) is 6.92 Å². The summed E-state index contributed by atoms with van der Waals surface area (Å²) < 4.78 is 18.5. The minimum absolute atomic E-state index is 0.0421. The van der Waals surface area contributed by atoms with Crippen LogP contribution in [0.15, 0.2) is 18.2 Å². The van der Waals surface area contributed by atoms with Crippen molar-refractivity contribution in [3.05, 3.63) is 35.1 Å². The van der Waals surface area contributed by atoms with E-state index >= 15 is 0 Å². The maximum atomic E-state index is 13.1. The van der Waals surface area contributed by atoms with Crippen molar-refractivity contribution in [1.82, 2.24) is 0 Å². The van der Waals surface area contributed by atoms with Gasteiger partial charge in [-0.15, -0.1) is 0 Å². The summed E-state index contributed by atoms with van der Waals surface area (Å²) in [5.74, 6) is -1.67. The molecule has 0 bridgehead atoms. The summed E-state index contributed by atoms with van der Waals surface area (Å²) in [4.78, 5) is 10.7. The molecule has 0 aromatic heterocycles. The standard InChI is InChI=1S/C14H19FO3/c1-2-3-4-5-6-18-10-11-7-12(14(16)17)9-13(15)8-11/h7-9H,2-6,10H2,1H3,(H,16,17). The van der Waals surface area contributed by atoms with Crippen LogP contribution in [0.3, 0.4) is 0 Å². The van der Waals surface area contributed by atoms with Crippen LogP contribution in [0.4, 0.5) is 4.39 Å². The molecule has 1 rings (SSSR count). The molecular formula is C14H19FO3. The van der Waals surface area contributed by atoms with Crippen molar-refractivity contribution in [2.45, 2.75) is 39.2 Å². The zero-order valence-electron chi connectivity index (χ0n) is 10.6. The zero-order chi connectivity index (χ0) is 13.4.